The van der Waals surface area contributed by atoms with Crippen molar-refractivity contribution < 1.29 is 37.0 Å². The number of ether oxygens (including phenoxy) is 1. The van der Waals surface area contributed by atoms with Crippen molar-refractivity contribution in [1.82, 2.24) is 15.1 Å². The molecule has 42 heavy (non-hydrogen) atoms. The number of ketones is 1. The molecule has 0 radical (unpaired) electrons. The van der Waals surface area contributed by atoms with Crippen LogP contribution in [0.1, 0.15) is 63.1 Å². The van der Waals surface area contributed by atoms with Crippen molar-refractivity contribution in [3.8, 4) is 5.75 Å². The van der Waals surface area contributed by atoms with Gasteiger partial charge in [0, 0.05) is 30.3 Å². The summed E-state index contributed by atoms with van der Waals surface area (Å²) in [4.78, 5) is 37.5. The molecule has 8 nitrogen and oxygen atoms in total. The van der Waals surface area contributed by atoms with E-state index >= 15 is 0 Å². The molecule has 2 N–H and O–H groups in total. The summed E-state index contributed by atoms with van der Waals surface area (Å²) < 4.78 is 60.8. The lowest BCUT2D eigenvalue weighted by Crippen LogP contribution is -2.43. The monoisotopic (exact) mass is 591 g/mol. The average molecular weight is 592 g/mol. The molecule has 1 heterocycles. The molecule has 0 aliphatic heterocycles. The number of aliphatic carboxylic acids is 1. The fraction of sp³-hybridized carbons (Fsp3) is 0.400. The number of carbonyl (C=O) groups excluding carboxylic acids is 1. The third-order valence-corrected chi connectivity index (χ3v) is 6.81. The minimum Gasteiger partial charge on any atom is -0.481 e. The van der Waals surface area contributed by atoms with E-state index in [0.29, 0.717) is 12.0 Å². The number of carbonyl (C=O) groups is 2. The van der Waals surface area contributed by atoms with Crippen LogP contribution in [0.25, 0.3) is 0 Å². The highest BCUT2D eigenvalue weighted by Gasteiger charge is 2.27. The van der Waals surface area contributed by atoms with E-state index in [4.69, 9.17) is 4.74 Å². The lowest BCUT2D eigenvalue weighted by molar-refractivity contribution is -0.139. The second-order valence-electron chi connectivity index (χ2n) is 10.9. The van der Waals surface area contributed by atoms with Crippen LogP contribution in [0, 0.1) is 23.3 Å². The molecule has 0 bridgehead atoms. The highest BCUT2D eigenvalue weighted by atomic mass is 19.2. The zero-order chi connectivity index (χ0) is 31.2. The molecule has 3 rings (SSSR count). The molecule has 3 aromatic rings. The van der Waals surface area contributed by atoms with Crippen molar-refractivity contribution in [2.24, 2.45) is 0 Å². The number of benzene rings is 2. The predicted octanol–water partition coefficient (Wildman–Crippen LogP) is 4.72. The summed E-state index contributed by atoms with van der Waals surface area (Å²) in [5, 5.41) is 16.3. The molecule has 0 saturated carbocycles. The van der Waals surface area contributed by atoms with E-state index in [0.717, 1.165) is 11.1 Å². The molecule has 2 atom stereocenters. The van der Waals surface area contributed by atoms with Gasteiger partial charge in [-0.1, -0.05) is 52.0 Å². The molecule has 12 heteroatoms. The van der Waals surface area contributed by atoms with Crippen molar-refractivity contribution in [3.05, 3.63) is 92.9 Å². The first-order valence-electron chi connectivity index (χ1n) is 13.3. The highest BCUT2D eigenvalue weighted by molar-refractivity contribution is 5.89. The van der Waals surface area contributed by atoms with Gasteiger partial charge >= 0.3 is 5.97 Å². The molecular weight excluding hydrogens is 558 g/mol. The lowest BCUT2D eigenvalue weighted by atomic mass is 9.86. The Morgan fingerprint density at radius 1 is 1.07 bits per heavy atom. The third kappa shape index (κ3) is 8.03. The number of carboxylic acid groups (broad SMARTS) is 1. The van der Waals surface area contributed by atoms with Crippen molar-refractivity contribution in [2.45, 2.75) is 64.5 Å². The maximum Gasteiger partial charge on any atom is 0.305 e. The smallest absolute Gasteiger partial charge is 0.305 e. The van der Waals surface area contributed by atoms with Crippen LogP contribution in [-0.4, -0.2) is 45.8 Å². The summed E-state index contributed by atoms with van der Waals surface area (Å²) in [6.45, 7) is 7.23. The standard InChI is InChI=1S/C30H33F4N3O5/c1-5-18(20-9-10-36-37(29(20)41)15-17-7-6-8-19(11-17)30(2,3)4)14-35-23(13-25(39)40)24(38)16-42-28-26(33)21(31)12-22(32)27(28)34/h6-12,18,23,35H,5,13-16H2,1-4H3,(H,39,40)/t18-,23+/m1/s1. The van der Waals surface area contributed by atoms with E-state index in [2.05, 4.69) is 31.2 Å². The second-order valence-corrected chi connectivity index (χ2v) is 10.9. The summed E-state index contributed by atoms with van der Waals surface area (Å²) in [5.41, 5.74) is 1.95. The fourth-order valence-corrected chi connectivity index (χ4v) is 4.35. The number of nitrogens with zero attached hydrogens (tertiary/aromatic N) is 2. The summed E-state index contributed by atoms with van der Waals surface area (Å²) in [7, 11) is 0. The van der Waals surface area contributed by atoms with Crippen molar-refractivity contribution in [1.29, 1.82) is 0 Å². The largest absolute Gasteiger partial charge is 0.481 e. The maximum atomic E-state index is 13.9. The van der Waals surface area contributed by atoms with Crippen LogP contribution in [0.3, 0.4) is 0 Å². The van der Waals surface area contributed by atoms with E-state index in [1.165, 1.54) is 10.9 Å². The van der Waals surface area contributed by atoms with Gasteiger partial charge in [0.05, 0.1) is 19.0 Å². The van der Waals surface area contributed by atoms with E-state index < -0.39 is 65.8 Å². The van der Waals surface area contributed by atoms with Gasteiger partial charge in [0.1, 0.15) is 6.61 Å². The van der Waals surface area contributed by atoms with Crippen LogP contribution in [0.2, 0.25) is 0 Å². The van der Waals surface area contributed by atoms with Crippen LogP contribution in [0.5, 0.6) is 5.75 Å². The van der Waals surface area contributed by atoms with Crippen LogP contribution < -0.4 is 15.6 Å². The molecule has 0 fully saturated rings. The average Bonchev–Trinajstić information content (AvgIpc) is 2.92. The van der Waals surface area contributed by atoms with Crippen LogP contribution in [0.4, 0.5) is 17.6 Å². The Kier molecular flexibility index (Phi) is 10.6. The zero-order valence-electron chi connectivity index (χ0n) is 23.7. The molecule has 2 aromatic carbocycles. The van der Waals surface area contributed by atoms with E-state index in [-0.39, 0.29) is 30.1 Å². The molecule has 0 spiro atoms. The van der Waals surface area contributed by atoms with Crippen LogP contribution >= 0.6 is 0 Å². The van der Waals surface area contributed by atoms with Crippen LogP contribution in [0.15, 0.2) is 47.4 Å². The Morgan fingerprint density at radius 3 is 2.33 bits per heavy atom. The molecular formula is C30H33F4N3O5. The first-order chi connectivity index (χ1) is 19.7. The summed E-state index contributed by atoms with van der Waals surface area (Å²) >= 11 is 0. The van der Waals surface area contributed by atoms with Gasteiger partial charge in [0.2, 0.25) is 11.6 Å². The van der Waals surface area contributed by atoms with Gasteiger partial charge in [-0.3, -0.25) is 14.4 Å². The highest BCUT2D eigenvalue weighted by Crippen LogP contribution is 2.27. The van der Waals surface area contributed by atoms with Crippen molar-refractivity contribution in [3.63, 3.8) is 0 Å². The fourth-order valence-electron chi connectivity index (χ4n) is 4.35. The van der Waals surface area contributed by atoms with Gasteiger partial charge in [-0.05, 0) is 29.0 Å². The van der Waals surface area contributed by atoms with Gasteiger partial charge in [-0.15, -0.1) is 0 Å². The third-order valence-electron chi connectivity index (χ3n) is 6.81. The van der Waals surface area contributed by atoms with Crippen LogP contribution in [-0.2, 0) is 21.5 Å². The number of halogens is 4. The summed E-state index contributed by atoms with van der Waals surface area (Å²) in [6.07, 6.45) is 1.21. The minimum atomic E-state index is -1.82. The SMILES string of the molecule is CC[C@H](CN[C@@H](CC(=O)O)C(=O)COc1c(F)c(F)cc(F)c1F)c1ccnn(Cc2cccc(C(C)(C)C)c2)c1=O. The molecule has 0 saturated heterocycles. The number of aromatic nitrogens is 2. The summed E-state index contributed by atoms with van der Waals surface area (Å²) in [6, 6.07) is 8.01. The van der Waals surface area contributed by atoms with Crippen molar-refractivity contribution in [2.75, 3.05) is 13.2 Å². The van der Waals surface area contributed by atoms with E-state index in [1.807, 2.05) is 31.2 Å². The number of rotatable bonds is 13. The predicted molar refractivity (Wildman–Crippen MR) is 147 cm³/mol. The Bertz CT molecular complexity index is 1480. The maximum absolute atomic E-state index is 13.9. The van der Waals surface area contributed by atoms with E-state index in [1.54, 1.807) is 6.07 Å². The molecule has 0 aliphatic rings. The van der Waals surface area contributed by atoms with Gasteiger partial charge in [0.15, 0.2) is 23.2 Å². The normalized spacial score (nSPS) is 13.0. The Balaban J connectivity index is 1.76. The number of hydrogen-bond donors (Lipinski definition) is 2. The molecule has 226 valence electrons. The topological polar surface area (TPSA) is 111 Å². The first-order valence-corrected chi connectivity index (χ1v) is 13.3. The number of Topliss-reactive ketones (excluding diaryl/α,β-unsaturated/α-hetero) is 1. The Morgan fingerprint density at radius 2 is 1.74 bits per heavy atom. The van der Waals surface area contributed by atoms with E-state index in [9.17, 15) is 37.1 Å². The first kappa shape index (κ1) is 32.5. The van der Waals surface area contributed by atoms with Crippen molar-refractivity contribution >= 4 is 11.8 Å². The Hall–Kier alpha value is -4.06. The Labute approximate surface area is 240 Å². The lowest BCUT2D eigenvalue weighted by Gasteiger charge is -2.22. The quantitative estimate of drug-likeness (QED) is 0.219. The molecule has 0 unspecified atom stereocenters. The number of hydrogen-bond acceptors (Lipinski definition) is 6. The molecule has 1 aromatic heterocycles. The molecule has 0 aliphatic carbocycles. The number of carboxylic acids is 1. The van der Waals surface area contributed by atoms with Gasteiger partial charge in [-0.2, -0.15) is 13.9 Å². The number of nitrogens with one attached hydrogen (secondary N) is 1. The molecule has 0 amide bonds. The summed E-state index contributed by atoms with van der Waals surface area (Å²) in [5.74, 6) is -11.2. The van der Waals surface area contributed by atoms with Gasteiger partial charge in [-0.25, -0.2) is 13.5 Å². The zero-order valence-corrected chi connectivity index (χ0v) is 23.7. The second kappa shape index (κ2) is 13.7. The minimum absolute atomic E-state index is 0.00371. The van der Waals surface area contributed by atoms with Gasteiger partial charge < -0.3 is 15.2 Å². The van der Waals surface area contributed by atoms with Gasteiger partial charge in [0.25, 0.3) is 5.56 Å².